The highest BCUT2D eigenvalue weighted by atomic mass is 16.5. The minimum atomic E-state index is -1.31. The molecule has 2 heterocycles. The molecule has 220 valence electrons. The Balaban J connectivity index is 1.28. The fourth-order valence-corrected chi connectivity index (χ4v) is 4.55. The van der Waals surface area contributed by atoms with E-state index in [2.05, 4.69) is 36.6 Å². The van der Waals surface area contributed by atoms with Crippen molar-refractivity contribution in [3.05, 3.63) is 53.6 Å². The van der Waals surface area contributed by atoms with Crippen LogP contribution in [0.15, 0.2) is 52.4 Å². The number of para-hydroxylation sites is 1. The van der Waals surface area contributed by atoms with E-state index in [1.165, 1.54) is 12.1 Å². The van der Waals surface area contributed by atoms with Gasteiger partial charge >= 0.3 is 5.97 Å². The SMILES string of the molecule is COC1C(C(C)NC(CNC(=O)CNC(O)c2cc(O)cc(NC3=NCC(O)CN3)c2)C(=O)O)=Nc2ccccc21. The second kappa shape index (κ2) is 13.5. The van der Waals surface area contributed by atoms with Crippen molar-refractivity contribution in [2.75, 3.05) is 38.6 Å². The number of anilines is 1. The third kappa shape index (κ3) is 7.77. The number of carboxylic acids is 1. The molecule has 4 rings (SSSR count). The van der Waals surface area contributed by atoms with Gasteiger partial charge in [-0.05, 0) is 25.1 Å². The van der Waals surface area contributed by atoms with Crippen LogP contribution in [0.1, 0.15) is 30.4 Å². The lowest BCUT2D eigenvalue weighted by atomic mass is 10.0. The number of guanidine groups is 1. The summed E-state index contributed by atoms with van der Waals surface area (Å²) < 4.78 is 5.60. The molecule has 0 aliphatic carbocycles. The number of benzene rings is 2. The molecule has 0 fully saturated rings. The van der Waals surface area contributed by atoms with Gasteiger partial charge in [0, 0.05) is 49.1 Å². The Bertz CT molecular complexity index is 1320. The standard InChI is InChI=1S/C27H35N7O7/c1-14(23-24(41-2)19-5-3-4-6-20(19)34-23)32-21(26(39)40)12-28-22(37)13-29-25(38)15-7-16(9-17(35)8-15)33-27-30-10-18(36)11-31-27/h3-9,14,18,21,24-25,29,32,35-36,38H,10-13H2,1-2H3,(H,28,37)(H,39,40)(H2,30,31,33). The fraction of sp³-hybridized carbons (Fsp3) is 0.407. The zero-order valence-corrected chi connectivity index (χ0v) is 22.7. The number of aliphatic hydroxyl groups is 2. The van der Waals surface area contributed by atoms with E-state index in [9.17, 15) is 30.0 Å². The highest BCUT2D eigenvalue weighted by molar-refractivity contribution is 6.00. The number of nitrogens with zero attached hydrogens (tertiary/aromatic N) is 2. The molecule has 1 amide bonds. The average Bonchev–Trinajstić information content (AvgIpc) is 3.33. The van der Waals surface area contributed by atoms with E-state index in [-0.39, 0.29) is 30.9 Å². The number of hydrogen-bond acceptors (Lipinski definition) is 12. The van der Waals surface area contributed by atoms with Gasteiger partial charge in [-0.2, -0.15) is 0 Å². The van der Waals surface area contributed by atoms with Gasteiger partial charge in [-0.25, -0.2) is 0 Å². The zero-order valence-electron chi connectivity index (χ0n) is 22.7. The van der Waals surface area contributed by atoms with Gasteiger partial charge in [-0.3, -0.25) is 30.2 Å². The highest BCUT2D eigenvalue weighted by Gasteiger charge is 2.32. The molecule has 14 heteroatoms. The van der Waals surface area contributed by atoms with Gasteiger partial charge in [0.15, 0.2) is 5.96 Å². The van der Waals surface area contributed by atoms with Crippen molar-refractivity contribution in [3.63, 3.8) is 0 Å². The predicted molar refractivity (Wildman–Crippen MR) is 151 cm³/mol. The van der Waals surface area contributed by atoms with Crippen LogP contribution in [0.2, 0.25) is 0 Å². The first-order valence-corrected chi connectivity index (χ1v) is 13.1. The molecule has 2 aromatic carbocycles. The Morgan fingerprint density at radius 1 is 1.22 bits per heavy atom. The molecule has 0 saturated heterocycles. The van der Waals surface area contributed by atoms with Crippen molar-refractivity contribution in [3.8, 4) is 5.75 Å². The molecular formula is C27H35N7O7. The average molecular weight is 570 g/mol. The van der Waals surface area contributed by atoms with Crippen LogP contribution in [0.4, 0.5) is 11.4 Å². The number of nitrogens with one attached hydrogen (secondary N) is 5. The summed E-state index contributed by atoms with van der Waals surface area (Å²) in [5.41, 5.74) is 3.02. The Hall–Kier alpha value is -4.08. The molecule has 0 spiro atoms. The minimum absolute atomic E-state index is 0.123. The lowest BCUT2D eigenvalue weighted by Gasteiger charge is -2.24. The molecule has 5 atom stereocenters. The van der Waals surface area contributed by atoms with E-state index in [4.69, 9.17) is 4.74 Å². The van der Waals surface area contributed by atoms with Crippen molar-refractivity contribution in [2.45, 2.75) is 37.4 Å². The minimum Gasteiger partial charge on any atom is -0.508 e. The largest absolute Gasteiger partial charge is 0.508 e. The summed E-state index contributed by atoms with van der Waals surface area (Å²) in [5, 5.41) is 54.0. The number of carbonyl (C=O) groups is 2. The first kappa shape index (κ1) is 29.9. The van der Waals surface area contributed by atoms with Crippen LogP contribution >= 0.6 is 0 Å². The lowest BCUT2D eigenvalue weighted by Crippen LogP contribution is -2.52. The van der Waals surface area contributed by atoms with Crippen molar-refractivity contribution < 1.29 is 34.8 Å². The topological polar surface area (TPSA) is 209 Å². The number of methoxy groups -OCH3 is 1. The molecule has 5 unspecified atom stereocenters. The molecule has 2 aromatic rings. The molecule has 41 heavy (non-hydrogen) atoms. The molecule has 0 saturated carbocycles. The van der Waals surface area contributed by atoms with Gasteiger partial charge in [0.2, 0.25) is 5.91 Å². The first-order valence-electron chi connectivity index (χ1n) is 13.1. The van der Waals surface area contributed by atoms with Gasteiger partial charge in [0.1, 0.15) is 24.1 Å². The Morgan fingerprint density at radius 2 is 2.00 bits per heavy atom. The summed E-state index contributed by atoms with van der Waals surface area (Å²) in [5.74, 6) is -1.40. The van der Waals surface area contributed by atoms with Gasteiger partial charge in [-0.1, -0.05) is 18.2 Å². The van der Waals surface area contributed by atoms with E-state index in [0.717, 1.165) is 11.3 Å². The van der Waals surface area contributed by atoms with Crippen molar-refractivity contribution >= 4 is 34.9 Å². The summed E-state index contributed by atoms with van der Waals surface area (Å²) in [6.07, 6.45) is -2.29. The number of aliphatic imine (C=N–C) groups is 2. The van der Waals surface area contributed by atoms with Crippen LogP contribution in [0.25, 0.3) is 0 Å². The number of aliphatic hydroxyl groups excluding tert-OH is 2. The number of amides is 1. The summed E-state index contributed by atoms with van der Waals surface area (Å²) >= 11 is 0. The van der Waals surface area contributed by atoms with E-state index < -0.39 is 42.4 Å². The molecule has 0 radical (unpaired) electrons. The number of β-amino-alcohol motifs (C(OH)–C–C–N with tert-alkyl or cyclic N) is 1. The first-order chi connectivity index (χ1) is 19.6. The number of hydrogen-bond donors (Lipinski definition) is 9. The summed E-state index contributed by atoms with van der Waals surface area (Å²) in [6.45, 7) is 1.81. The number of aliphatic carboxylic acids is 1. The monoisotopic (exact) mass is 569 g/mol. The summed E-state index contributed by atoms with van der Waals surface area (Å²) in [6, 6.07) is 10.3. The maximum atomic E-state index is 12.5. The number of phenols is 1. The quantitative estimate of drug-likeness (QED) is 0.152. The summed E-state index contributed by atoms with van der Waals surface area (Å²) in [7, 11) is 1.56. The van der Waals surface area contributed by atoms with Gasteiger partial charge in [0.25, 0.3) is 0 Å². The van der Waals surface area contributed by atoms with Crippen molar-refractivity contribution in [1.29, 1.82) is 0 Å². The van der Waals surface area contributed by atoms with Crippen LogP contribution in [-0.2, 0) is 14.3 Å². The van der Waals surface area contributed by atoms with Gasteiger partial charge in [0.05, 0.1) is 30.6 Å². The van der Waals surface area contributed by atoms with Crippen LogP contribution in [0.5, 0.6) is 5.75 Å². The fourth-order valence-electron chi connectivity index (χ4n) is 4.55. The molecule has 2 aliphatic rings. The van der Waals surface area contributed by atoms with Crippen LogP contribution in [0.3, 0.4) is 0 Å². The molecule has 14 nitrogen and oxygen atoms in total. The number of ether oxygens (including phenoxy) is 1. The third-order valence-corrected chi connectivity index (χ3v) is 6.61. The molecule has 9 N–H and O–H groups in total. The van der Waals surface area contributed by atoms with Crippen LogP contribution in [-0.4, -0.2) is 95.5 Å². The van der Waals surface area contributed by atoms with Crippen molar-refractivity contribution in [2.24, 2.45) is 9.98 Å². The maximum Gasteiger partial charge on any atom is 0.322 e. The van der Waals surface area contributed by atoms with E-state index >= 15 is 0 Å². The number of rotatable bonds is 12. The number of carboxylic acid groups (broad SMARTS) is 1. The lowest BCUT2D eigenvalue weighted by molar-refractivity contribution is -0.139. The van der Waals surface area contributed by atoms with Crippen LogP contribution < -0.4 is 26.6 Å². The summed E-state index contributed by atoms with van der Waals surface area (Å²) in [4.78, 5) is 33.1. The van der Waals surface area contributed by atoms with E-state index in [0.29, 0.717) is 23.9 Å². The van der Waals surface area contributed by atoms with Crippen LogP contribution in [0, 0.1) is 0 Å². The second-order valence-corrected chi connectivity index (χ2v) is 9.74. The molecule has 0 aromatic heterocycles. The predicted octanol–water partition coefficient (Wildman–Crippen LogP) is -0.274. The Labute approximate surface area is 236 Å². The van der Waals surface area contributed by atoms with E-state index in [1.807, 2.05) is 24.3 Å². The Kier molecular flexibility index (Phi) is 9.86. The third-order valence-electron chi connectivity index (χ3n) is 6.61. The normalized spacial score (nSPS) is 20.1. The van der Waals surface area contributed by atoms with Gasteiger partial charge < -0.3 is 41.1 Å². The van der Waals surface area contributed by atoms with Crippen molar-refractivity contribution in [1.82, 2.24) is 21.3 Å². The highest BCUT2D eigenvalue weighted by Crippen LogP contribution is 2.36. The Morgan fingerprint density at radius 3 is 2.71 bits per heavy atom. The molecule has 2 aliphatic heterocycles. The number of fused-ring (bicyclic) bond motifs is 1. The number of carbonyl (C=O) groups excluding carboxylic acids is 1. The second-order valence-electron chi connectivity index (χ2n) is 9.74. The molecular weight excluding hydrogens is 534 g/mol. The zero-order chi connectivity index (χ0) is 29.5. The van der Waals surface area contributed by atoms with Gasteiger partial charge in [-0.15, -0.1) is 0 Å². The smallest absolute Gasteiger partial charge is 0.322 e. The number of aromatic hydroxyl groups is 1. The maximum absolute atomic E-state index is 12.5. The van der Waals surface area contributed by atoms with E-state index in [1.54, 1.807) is 20.1 Å². The molecule has 0 bridgehead atoms. The number of phenolic OH excluding ortho intramolecular Hbond substituents is 1.